The molecule has 0 radical (unpaired) electrons. The fourth-order valence-electron chi connectivity index (χ4n) is 2.06. The molecule has 4 nitrogen and oxygen atoms in total. The number of nitrogens with one attached hydrogen (secondary N) is 1. The largest absolute Gasteiger partial charge is 0.357 e. The van der Waals surface area contributed by atoms with Gasteiger partial charge >= 0.3 is 0 Å². The molecule has 21 heavy (non-hydrogen) atoms. The first-order chi connectivity index (χ1) is 10.2. The Bertz CT molecular complexity index is 696. The van der Waals surface area contributed by atoms with Crippen molar-refractivity contribution in [1.29, 1.82) is 0 Å². The highest BCUT2D eigenvalue weighted by Crippen LogP contribution is 2.27. The lowest BCUT2D eigenvalue weighted by Crippen LogP contribution is -2.13. The van der Waals surface area contributed by atoms with Crippen molar-refractivity contribution < 1.29 is 0 Å². The minimum Gasteiger partial charge on any atom is -0.357 e. The summed E-state index contributed by atoms with van der Waals surface area (Å²) in [6.07, 6.45) is 1.80. The molecule has 0 amide bonds. The quantitative estimate of drug-likeness (QED) is 0.736. The molecule has 3 aromatic rings. The fourth-order valence-corrected chi connectivity index (χ4v) is 3.00. The maximum absolute atomic E-state index is 6.00. The molecule has 6 heteroatoms. The molecule has 3 rings (SSSR count). The van der Waals surface area contributed by atoms with E-state index >= 15 is 0 Å². The average molecular weight is 317 g/mol. The van der Waals surface area contributed by atoms with Gasteiger partial charge in [-0.2, -0.15) is 0 Å². The van der Waals surface area contributed by atoms with Gasteiger partial charge in [0.05, 0.1) is 0 Å². The molecule has 2 aromatic heterocycles. The molecular formula is C15H13ClN4S. The van der Waals surface area contributed by atoms with Crippen LogP contribution in [0, 0.1) is 6.92 Å². The number of aromatic nitrogens is 3. The lowest BCUT2D eigenvalue weighted by molar-refractivity contribution is 0.900. The highest BCUT2D eigenvalue weighted by Gasteiger charge is 2.17. The topological polar surface area (TPSA) is 50.7 Å². The van der Waals surface area contributed by atoms with Crippen LogP contribution in [0.15, 0.2) is 48.0 Å². The molecule has 0 bridgehead atoms. The van der Waals surface area contributed by atoms with Crippen molar-refractivity contribution in [1.82, 2.24) is 15.0 Å². The Morgan fingerprint density at radius 3 is 2.67 bits per heavy atom. The number of hydrogen-bond acceptors (Lipinski definition) is 5. The van der Waals surface area contributed by atoms with Crippen molar-refractivity contribution in [3.05, 3.63) is 69.5 Å². The normalized spacial score (nSPS) is 12.1. The number of nitrogens with zero attached hydrogens (tertiary/aromatic N) is 3. The van der Waals surface area contributed by atoms with Crippen LogP contribution in [0.3, 0.4) is 0 Å². The highest BCUT2D eigenvalue weighted by molar-refractivity contribution is 7.09. The fraction of sp³-hybridized carbons (Fsp3) is 0.133. The number of anilines is 1. The molecule has 1 N–H and O–H groups in total. The van der Waals surface area contributed by atoms with Crippen LogP contribution >= 0.6 is 22.9 Å². The van der Waals surface area contributed by atoms with E-state index in [9.17, 15) is 0 Å². The monoisotopic (exact) mass is 316 g/mol. The lowest BCUT2D eigenvalue weighted by atomic mass is 10.1. The molecule has 0 fully saturated rings. The van der Waals surface area contributed by atoms with Crippen molar-refractivity contribution in [2.75, 3.05) is 5.32 Å². The van der Waals surface area contributed by atoms with Gasteiger partial charge in [0.2, 0.25) is 0 Å². The van der Waals surface area contributed by atoms with Crippen LogP contribution in [0.1, 0.15) is 22.4 Å². The number of hydrogen-bond donors (Lipinski definition) is 1. The van der Waals surface area contributed by atoms with Crippen LogP contribution in [0.4, 0.5) is 5.82 Å². The van der Waals surface area contributed by atoms with Crippen molar-refractivity contribution >= 4 is 28.8 Å². The first kappa shape index (κ1) is 14.0. The van der Waals surface area contributed by atoms with E-state index in [0.29, 0.717) is 16.8 Å². The summed E-state index contributed by atoms with van der Waals surface area (Å²) in [5.74, 6) is 1.33. The van der Waals surface area contributed by atoms with Gasteiger partial charge in [0.25, 0.3) is 0 Å². The Labute approximate surface area is 131 Å². The second-order valence-electron chi connectivity index (χ2n) is 4.48. The molecule has 1 atom stereocenters. The van der Waals surface area contributed by atoms with E-state index in [1.165, 1.54) is 0 Å². The van der Waals surface area contributed by atoms with Gasteiger partial charge in [0, 0.05) is 17.6 Å². The Balaban J connectivity index is 1.97. The minimum absolute atomic E-state index is 0.0587. The molecule has 0 saturated heterocycles. The molecule has 0 aliphatic carbocycles. The maximum atomic E-state index is 6.00. The van der Waals surface area contributed by atoms with Gasteiger partial charge < -0.3 is 5.32 Å². The minimum atomic E-state index is -0.0587. The molecule has 2 heterocycles. The molecular weight excluding hydrogens is 304 g/mol. The molecule has 1 aromatic carbocycles. The predicted molar refractivity (Wildman–Crippen MR) is 85.8 cm³/mol. The number of halogens is 1. The zero-order valence-electron chi connectivity index (χ0n) is 11.3. The first-order valence-corrected chi connectivity index (χ1v) is 7.70. The molecule has 0 saturated carbocycles. The second kappa shape index (κ2) is 6.20. The van der Waals surface area contributed by atoms with Gasteiger partial charge in [0.1, 0.15) is 27.8 Å². The third-order valence-corrected chi connectivity index (χ3v) is 3.96. The Morgan fingerprint density at radius 2 is 2.00 bits per heavy atom. The number of rotatable bonds is 4. The molecule has 0 spiro atoms. The Hall–Kier alpha value is -1.98. The Morgan fingerprint density at radius 1 is 1.19 bits per heavy atom. The summed E-state index contributed by atoms with van der Waals surface area (Å²) in [4.78, 5) is 12.9. The van der Waals surface area contributed by atoms with Crippen molar-refractivity contribution in [3.63, 3.8) is 0 Å². The summed E-state index contributed by atoms with van der Waals surface area (Å²) < 4.78 is 0. The van der Waals surface area contributed by atoms with Crippen LogP contribution in [0.25, 0.3) is 0 Å². The highest BCUT2D eigenvalue weighted by atomic mass is 35.5. The van der Waals surface area contributed by atoms with Crippen LogP contribution in [-0.4, -0.2) is 15.0 Å². The number of thiazole rings is 1. The first-order valence-electron chi connectivity index (χ1n) is 6.44. The van der Waals surface area contributed by atoms with Gasteiger partial charge in [-0.1, -0.05) is 41.9 Å². The SMILES string of the molecule is Cc1nc(Cl)cc(NC(c2ccccc2)c2nccs2)n1. The summed E-state index contributed by atoms with van der Waals surface area (Å²) in [5.41, 5.74) is 1.12. The van der Waals surface area contributed by atoms with E-state index in [0.717, 1.165) is 10.6 Å². The predicted octanol–water partition coefficient (Wildman–Crippen LogP) is 4.10. The average Bonchev–Trinajstić information content (AvgIpc) is 2.98. The third-order valence-electron chi connectivity index (χ3n) is 2.93. The summed E-state index contributed by atoms with van der Waals surface area (Å²) in [6, 6.07) is 11.8. The van der Waals surface area contributed by atoms with Crippen molar-refractivity contribution in [3.8, 4) is 0 Å². The van der Waals surface area contributed by atoms with E-state index in [2.05, 4.69) is 32.4 Å². The van der Waals surface area contributed by atoms with Gasteiger partial charge in [-0.15, -0.1) is 11.3 Å². The van der Waals surface area contributed by atoms with Gasteiger partial charge in [-0.25, -0.2) is 15.0 Å². The number of benzene rings is 1. The summed E-state index contributed by atoms with van der Waals surface area (Å²) in [6.45, 7) is 1.82. The van der Waals surface area contributed by atoms with Crippen LogP contribution in [-0.2, 0) is 0 Å². The van der Waals surface area contributed by atoms with E-state index in [-0.39, 0.29) is 6.04 Å². The third kappa shape index (κ3) is 3.37. The standard InChI is InChI=1S/C15H13ClN4S/c1-10-18-12(16)9-13(19-10)20-14(15-17-7-8-21-15)11-5-3-2-4-6-11/h2-9,14H,1H3,(H,18,19,20). The molecule has 0 aliphatic rings. The van der Waals surface area contributed by atoms with Crippen molar-refractivity contribution in [2.24, 2.45) is 0 Å². The maximum Gasteiger partial charge on any atom is 0.134 e. The Kier molecular flexibility index (Phi) is 4.13. The molecule has 1 unspecified atom stereocenters. The summed E-state index contributed by atoms with van der Waals surface area (Å²) in [7, 11) is 0. The molecule has 106 valence electrons. The second-order valence-corrected chi connectivity index (χ2v) is 5.79. The summed E-state index contributed by atoms with van der Waals surface area (Å²) in [5, 5.41) is 6.76. The van der Waals surface area contributed by atoms with Gasteiger partial charge in [-0.05, 0) is 12.5 Å². The van der Waals surface area contributed by atoms with E-state index < -0.39 is 0 Å². The van der Waals surface area contributed by atoms with Crippen molar-refractivity contribution in [2.45, 2.75) is 13.0 Å². The van der Waals surface area contributed by atoms with Gasteiger partial charge in [0.15, 0.2) is 0 Å². The van der Waals surface area contributed by atoms with E-state index in [1.807, 2.05) is 30.5 Å². The van der Waals surface area contributed by atoms with Gasteiger partial charge in [-0.3, -0.25) is 0 Å². The zero-order chi connectivity index (χ0) is 14.7. The molecule has 0 aliphatic heterocycles. The van der Waals surface area contributed by atoms with Crippen LogP contribution < -0.4 is 5.32 Å². The number of aryl methyl sites for hydroxylation is 1. The van der Waals surface area contributed by atoms with Crippen LogP contribution in [0.5, 0.6) is 0 Å². The van der Waals surface area contributed by atoms with E-state index in [4.69, 9.17) is 11.6 Å². The lowest BCUT2D eigenvalue weighted by Gasteiger charge is -2.18. The van der Waals surface area contributed by atoms with E-state index in [1.54, 1.807) is 23.6 Å². The van der Waals surface area contributed by atoms with Crippen LogP contribution in [0.2, 0.25) is 5.15 Å². The smallest absolute Gasteiger partial charge is 0.134 e. The summed E-state index contributed by atoms with van der Waals surface area (Å²) >= 11 is 7.60. The zero-order valence-corrected chi connectivity index (χ0v) is 12.9.